The molecular formula is C14H10ClF2NO2. The van der Waals surface area contributed by atoms with E-state index in [0.717, 1.165) is 12.1 Å². The molecule has 1 heterocycles. The Morgan fingerprint density at radius 2 is 1.95 bits per heavy atom. The number of carbonyl (C=O) groups is 1. The summed E-state index contributed by atoms with van der Waals surface area (Å²) in [5.74, 6) is -2.17. The molecule has 0 radical (unpaired) electrons. The van der Waals surface area contributed by atoms with Crippen LogP contribution in [0.5, 0.6) is 0 Å². The molecular weight excluding hydrogens is 288 g/mol. The quantitative estimate of drug-likeness (QED) is 0.625. The molecule has 0 spiro atoms. The largest absolute Gasteiger partial charge is 0.465 e. The lowest BCUT2D eigenvalue weighted by atomic mass is 9.99. The maximum atomic E-state index is 14.0. The summed E-state index contributed by atoms with van der Waals surface area (Å²) in [7, 11) is 1.21. The smallest absolute Gasteiger partial charge is 0.340 e. The lowest BCUT2D eigenvalue weighted by Crippen LogP contribution is -2.08. The molecule has 104 valence electrons. The number of esters is 1. The molecule has 0 bridgehead atoms. The highest BCUT2D eigenvalue weighted by Gasteiger charge is 2.20. The summed E-state index contributed by atoms with van der Waals surface area (Å²) in [6.07, 6.45) is 1.41. The van der Waals surface area contributed by atoms with Gasteiger partial charge in [0.2, 0.25) is 0 Å². The molecule has 0 amide bonds. The number of halogens is 3. The van der Waals surface area contributed by atoms with E-state index in [9.17, 15) is 13.6 Å². The van der Waals surface area contributed by atoms with Crippen LogP contribution >= 0.6 is 11.6 Å². The first-order valence-corrected chi connectivity index (χ1v) is 6.02. The van der Waals surface area contributed by atoms with Crippen LogP contribution in [-0.4, -0.2) is 18.1 Å². The molecule has 6 heteroatoms. The van der Waals surface area contributed by atoms with Crippen molar-refractivity contribution < 1.29 is 18.3 Å². The van der Waals surface area contributed by atoms with Gasteiger partial charge < -0.3 is 4.74 Å². The zero-order chi connectivity index (χ0) is 14.9. The van der Waals surface area contributed by atoms with Crippen molar-refractivity contribution in [1.82, 2.24) is 4.98 Å². The van der Waals surface area contributed by atoms with Crippen LogP contribution in [0.2, 0.25) is 5.02 Å². The van der Waals surface area contributed by atoms with E-state index in [0.29, 0.717) is 5.69 Å². The first-order chi connectivity index (χ1) is 9.45. The minimum absolute atomic E-state index is 0.0715. The second-order valence-electron chi connectivity index (χ2n) is 4.06. The van der Waals surface area contributed by atoms with Crippen LogP contribution in [0.25, 0.3) is 11.1 Å². The molecule has 0 aliphatic carbocycles. The average Bonchev–Trinajstić information content (AvgIpc) is 2.42. The minimum Gasteiger partial charge on any atom is -0.465 e. The Bertz CT molecular complexity index is 689. The summed E-state index contributed by atoms with van der Waals surface area (Å²) in [5.41, 5.74) is 0.593. The normalized spacial score (nSPS) is 10.4. The maximum Gasteiger partial charge on any atom is 0.340 e. The van der Waals surface area contributed by atoms with E-state index in [-0.39, 0.29) is 21.7 Å². The summed E-state index contributed by atoms with van der Waals surface area (Å²) < 4.78 is 32.2. The maximum absolute atomic E-state index is 14.0. The number of benzene rings is 1. The van der Waals surface area contributed by atoms with Crippen molar-refractivity contribution in [3.05, 3.63) is 52.3 Å². The van der Waals surface area contributed by atoms with Crippen molar-refractivity contribution in [2.75, 3.05) is 7.11 Å². The summed E-state index contributed by atoms with van der Waals surface area (Å²) in [6, 6.07) is 3.23. The number of aromatic nitrogens is 1. The van der Waals surface area contributed by atoms with Gasteiger partial charge in [0.15, 0.2) is 0 Å². The van der Waals surface area contributed by atoms with Gasteiger partial charge in [-0.3, -0.25) is 4.98 Å². The number of hydrogen-bond acceptors (Lipinski definition) is 3. The van der Waals surface area contributed by atoms with Crippen LogP contribution < -0.4 is 0 Å². The molecule has 0 atom stereocenters. The zero-order valence-electron chi connectivity index (χ0n) is 10.7. The number of pyridine rings is 1. The van der Waals surface area contributed by atoms with Gasteiger partial charge in [-0.05, 0) is 25.1 Å². The summed E-state index contributed by atoms with van der Waals surface area (Å²) in [6.45, 7) is 1.58. The molecule has 0 aliphatic rings. The number of methoxy groups -OCH3 is 1. The van der Waals surface area contributed by atoms with E-state index >= 15 is 0 Å². The Morgan fingerprint density at radius 1 is 1.25 bits per heavy atom. The monoisotopic (exact) mass is 297 g/mol. The molecule has 20 heavy (non-hydrogen) atoms. The third kappa shape index (κ3) is 2.49. The number of rotatable bonds is 2. The number of aryl methyl sites for hydroxylation is 1. The fourth-order valence-electron chi connectivity index (χ4n) is 1.88. The van der Waals surface area contributed by atoms with Gasteiger partial charge in [-0.2, -0.15) is 0 Å². The van der Waals surface area contributed by atoms with E-state index in [1.54, 1.807) is 6.92 Å². The van der Waals surface area contributed by atoms with Crippen LogP contribution in [0.15, 0.2) is 24.4 Å². The predicted molar refractivity (Wildman–Crippen MR) is 70.7 cm³/mol. The van der Waals surface area contributed by atoms with Crippen molar-refractivity contribution in [3.8, 4) is 11.1 Å². The van der Waals surface area contributed by atoms with Gasteiger partial charge in [0.25, 0.3) is 0 Å². The fourth-order valence-corrected chi connectivity index (χ4v) is 2.03. The van der Waals surface area contributed by atoms with Crippen LogP contribution in [-0.2, 0) is 4.74 Å². The fraction of sp³-hybridized carbons (Fsp3) is 0.143. The standard InChI is InChI=1S/C14H10ClF2NO2/c1-7-13(14(19)20-2)8(3-4-18-7)9-5-12(17)10(15)6-11(9)16/h3-6H,1-2H3. The van der Waals surface area contributed by atoms with E-state index in [2.05, 4.69) is 9.72 Å². The summed E-state index contributed by atoms with van der Waals surface area (Å²) in [4.78, 5) is 15.7. The van der Waals surface area contributed by atoms with Gasteiger partial charge >= 0.3 is 5.97 Å². The van der Waals surface area contributed by atoms with Gasteiger partial charge in [0.05, 0.1) is 23.4 Å². The Kier molecular flexibility index (Phi) is 3.99. The van der Waals surface area contributed by atoms with E-state index in [1.165, 1.54) is 19.4 Å². The van der Waals surface area contributed by atoms with Crippen molar-refractivity contribution in [2.24, 2.45) is 0 Å². The lowest BCUT2D eigenvalue weighted by molar-refractivity contribution is 0.0600. The highest BCUT2D eigenvalue weighted by Crippen LogP contribution is 2.31. The topological polar surface area (TPSA) is 39.2 Å². The van der Waals surface area contributed by atoms with E-state index < -0.39 is 17.6 Å². The van der Waals surface area contributed by atoms with Crippen LogP contribution in [0, 0.1) is 18.6 Å². The van der Waals surface area contributed by atoms with Crippen molar-refractivity contribution in [2.45, 2.75) is 6.92 Å². The highest BCUT2D eigenvalue weighted by atomic mass is 35.5. The van der Waals surface area contributed by atoms with Gasteiger partial charge in [-0.15, -0.1) is 0 Å². The van der Waals surface area contributed by atoms with E-state index in [4.69, 9.17) is 11.6 Å². The molecule has 0 saturated carbocycles. The lowest BCUT2D eigenvalue weighted by Gasteiger charge is -2.11. The molecule has 0 aliphatic heterocycles. The van der Waals surface area contributed by atoms with Crippen molar-refractivity contribution >= 4 is 17.6 Å². The number of hydrogen-bond donors (Lipinski definition) is 0. The van der Waals surface area contributed by atoms with Crippen LogP contribution in [0.3, 0.4) is 0 Å². The Hall–Kier alpha value is -2.01. The number of nitrogens with zero attached hydrogens (tertiary/aromatic N) is 1. The molecule has 1 aromatic heterocycles. The molecule has 0 N–H and O–H groups in total. The first-order valence-electron chi connectivity index (χ1n) is 5.64. The Morgan fingerprint density at radius 3 is 2.60 bits per heavy atom. The average molecular weight is 298 g/mol. The molecule has 0 unspecified atom stereocenters. The van der Waals surface area contributed by atoms with Gasteiger partial charge in [-0.1, -0.05) is 11.6 Å². The second-order valence-corrected chi connectivity index (χ2v) is 4.46. The molecule has 3 nitrogen and oxygen atoms in total. The number of carbonyl (C=O) groups excluding carboxylic acids is 1. The molecule has 0 saturated heterocycles. The Balaban J connectivity index is 2.73. The summed E-state index contributed by atoms with van der Waals surface area (Å²) >= 11 is 5.52. The SMILES string of the molecule is COC(=O)c1c(-c2cc(F)c(Cl)cc2F)ccnc1C. The second kappa shape index (κ2) is 5.54. The molecule has 2 aromatic rings. The minimum atomic E-state index is -0.770. The van der Waals surface area contributed by atoms with Crippen LogP contribution in [0.1, 0.15) is 16.1 Å². The predicted octanol–water partition coefficient (Wildman–Crippen LogP) is 3.78. The Labute approximate surface area is 119 Å². The molecule has 0 fully saturated rings. The highest BCUT2D eigenvalue weighted by molar-refractivity contribution is 6.30. The van der Waals surface area contributed by atoms with Gasteiger partial charge in [0.1, 0.15) is 11.6 Å². The third-order valence-corrected chi connectivity index (χ3v) is 3.12. The number of ether oxygens (including phenoxy) is 1. The van der Waals surface area contributed by atoms with Crippen molar-refractivity contribution in [3.63, 3.8) is 0 Å². The summed E-state index contributed by atoms with van der Waals surface area (Å²) in [5, 5.41) is -0.323. The van der Waals surface area contributed by atoms with Gasteiger partial charge in [0, 0.05) is 17.3 Å². The zero-order valence-corrected chi connectivity index (χ0v) is 11.5. The molecule has 2 rings (SSSR count). The van der Waals surface area contributed by atoms with Crippen molar-refractivity contribution in [1.29, 1.82) is 0 Å². The third-order valence-electron chi connectivity index (χ3n) is 2.83. The van der Waals surface area contributed by atoms with E-state index in [1.807, 2.05) is 0 Å². The first kappa shape index (κ1) is 14.4. The van der Waals surface area contributed by atoms with Crippen LogP contribution in [0.4, 0.5) is 8.78 Å². The molecule has 1 aromatic carbocycles. The van der Waals surface area contributed by atoms with Gasteiger partial charge in [-0.25, -0.2) is 13.6 Å².